The highest BCUT2D eigenvalue weighted by Crippen LogP contribution is 2.30. The van der Waals surface area contributed by atoms with Gasteiger partial charge in [0.05, 0.1) is 11.4 Å². The fraction of sp³-hybridized carbons (Fsp3) is 0.182. The smallest absolute Gasteiger partial charge is 0.415 e. The van der Waals surface area contributed by atoms with Gasteiger partial charge in [0.15, 0.2) is 6.66 Å². The van der Waals surface area contributed by atoms with Crippen molar-refractivity contribution in [3.63, 3.8) is 0 Å². The lowest BCUT2D eigenvalue weighted by Crippen LogP contribution is -2.27. The summed E-state index contributed by atoms with van der Waals surface area (Å²) in [6, 6.07) is 16.3. The zero-order valence-corrected chi connectivity index (χ0v) is 19.2. The molecule has 0 bridgehead atoms. The van der Waals surface area contributed by atoms with Crippen molar-refractivity contribution in [1.29, 1.82) is 0 Å². The first kappa shape index (κ1) is 23.4. The van der Waals surface area contributed by atoms with Crippen molar-refractivity contribution in [3.05, 3.63) is 71.1 Å². The zero-order chi connectivity index (χ0) is 23.1. The molecule has 1 aromatic heterocycles. The van der Waals surface area contributed by atoms with E-state index in [2.05, 4.69) is 10.6 Å². The molecular formula is C22H23N3O5PS+. The van der Waals surface area contributed by atoms with E-state index in [-0.39, 0.29) is 12.5 Å². The minimum absolute atomic E-state index is 0.196. The maximum Gasteiger partial charge on any atom is 0.508 e. The Morgan fingerprint density at radius 1 is 1.16 bits per heavy atom. The molecule has 0 saturated carbocycles. The Labute approximate surface area is 190 Å². The maximum atomic E-state index is 12.7. The minimum Gasteiger partial charge on any atom is -0.415 e. The Balaban J connectivity index is 1.57. The molecule has 3 aromatic rings. The summed E-state index contributed by atoms with van der Waals surface area (Å²) in [5.74, 6) is -0.293. The van der Waals surface area contributed by atoms with Gasteiger partial charge in [-0.05, 0) is 51.4 Å². The number of hydrogen-bond donors (Lipinski definition) is 3. The van der Waals surface area contributed by atoms with Crippen LogP contribution in [-0.2, 0) is 20.4 Å². The first-order valence-electron chi connectivity index (χ1n) is 9.67. The molecule has 2 amide bonds. The highest BCUT2D eigenvalue weighted by Gasteiger charge is 2.18. The topological polar surface area (TPSA) is 120 Å². The summed E-state index contributed by atoms with van der Waals surface area (Å²) in [6.45, 7) is 3.05. The maximum absolute atomic E-state index is 12.7. The van der Waals surface area contributed by atoms with Crippen LogP contribution in [0.1, 0.15) is 22.8 Å². The molecule has 0 saturated heterocycles. The average Bonchev–Trinajstić information content (AvgIpc) is 3.28. The molecule has 4 N–H and O–H groups in total. The number of carbonyl (C=O) groups is 2. The number of hydrogen-bond acceptors (Lipinski definition) is 7. The van der Waals surface area contributed by atoms with E-state index in [0.717, 1.165) is 16.0 Å². The Morgan fingerprint density at radius 2 is 1.91 bits per heavy atom. The predicted octanol–water partition coefficient (Wildman–Crippen LogP) is 5.21. The molecule has 0 aliphatic carbocycles. The molecule has 1 heterocycles. The number of thiophene rings is 1. The molecule has 8 nitrogen and oxygen atoms in total. The monoisotopic (exact) mass is 472 g/mol. The van der Waals surface area contributed by atoms with Gasteiger partial charge >= 0.3 is 14.1 Å². The molecule has 166 valence electrons. The molecule has 0 radical (unpaired) electrons. The van der Waals surface area contributed by atoms with Crippen LogP contribution in [-0.4, -0.2) is 25.0 Å². The molecule has 32 heavy (non-hydrogen) atoms. The van der Waals surface area contributed by atoms with Crippen LogP contribution in [0.25, 0.3) is 10.4 Å². The Bertz CT molecular complexity index is 1100. The first-order chi connectivity index (χ1) is 15.3. The number of anilines is 2. The van der Waals surface area contributed by atoms with E-state index < -0.39 is 20.4 Å². The van der Waals surface area contributed by atoms with E-state index in [4.69, 9.17) is 15.0 Å². The molecule has 3 rings (SSSR count). The molecule has 2 aromatic carbocycles. The van der Waals surface area contributed by atoms with E-state index in [1.54, 1.807) is 41.7 Å². The van der Waals surface area contributed by atoms with Crippen LogP contribution in [0.5, 0.6) is 0 Å². The fourth-order valence-electron chi connectivity index (χ4n) is 2.83. The third kappa shape index (κ3) is 6.62. The fourth-order valence-corrected chi connectivity index (χ4v) is 4.01. The van der Waals surface area contributed by atoms with Gasteiger partial charge in [0, 0.05) is 23.9 Å². The van der Waals surface area contributed by atoms with Crippen LogP contribution in [0.3, 0.4) is 0 Å². The Kier molecular flexibility index (Phi) is 7.94. The third-order valence-electron chi connectivity index (χ3n) is 4.33. The normalized spacial score (nSPS) is 12.0. The summed E-state index contributed by atoms with van der Waals surface area (Å²) in [6.07, 6.45) is -1.61. The number of amides is 2. The van der Waals surface area contributed by atoms with E-state index in [0.29, 0.717) is 16.9 Å². The van der Waals surface area contributed by atoms with Crippen LogP contribution in [0.4, 0.5) is 16.2 Å². The first-order valence-corrected chi connectivity index (χ1v) is 12.2. The van der Waals surface area contributed by atoms with Crippen molar-refractivity contribution < 1.29 is 23.4 Å². The number of benzene rings is 2. The van der Waals surface area contributed by atoms with Gasteiger partial charge in [0.2, 0.25) is 0 Å². The highest BCUT2D eigenvalue weighted by molar-refractivity contribution is 7.38. The van der Waals surface area contributed by atoms with Crippen LogP contribution in [0.2, 0.25) is 0 Å². The van der Waals surface area contributed by atoms with Gasteiger partial charge in [0.1, 0.15) is 0 Å². The molecule has 2 unspecified atom stereocenters. The average molecular weight is 472 g/mol. The van der Waals surface area contributed by atoms with Gasteiger partial charge in [-0.3, -0.25) is 4.79 Å². The van der Waals surface area contributed by atoms with Gasteiger partial charge in [-0.15, -0.1) is 15.9 Å². The summed E-state index contributed by atoms with van der Waals surface area (Å²) in [5.41, 5.74) is 9.25. The number of nitrogens with one attached hydrogen (secondary N) is 2. The Hall–Kier alpha value is -3.26. The summed E-state index contributed by atoms with van der Waals surface area (Å²) >= 11 is 1.61. The van der Waals surface area contributed by atoms with Crippen LogP contribution < -0.4 is 16.4 Å². The number of rotatable bonds is 8. The van der Waals surface area contributed by atoms with Gasteiger partial charge in [-0.2, -0.15) is 0 Å². The van der Waals surface area contributed by atoms with Crippen LogP contribution in [0.15, 0.2) is 60.0 Å². The van der Waals surface area contributed by atoms with Crippen molar-refractivity contribution in [2.75, 3.05) is 17.7 Å². The standard InChI is InChI=1S/C22H22N3O5PS/c1-14(30-31(2)28)29-22(27)24-13-15-5-7-16(8-6-15)21(26)25-19-12-17(9-10-18(19)23)20-4-3-11-32-20/h3-12,14H,13,23H2,1-2H3,(H-,24,25,26,27)/p+1. The molecule has 10 heteroatoms. The summed E-state index contributed by atoms with van der Waals surface area (Å²) in [4.78, 5) is 25.5. The second kappa shape index (κ2) is 10.9. The summed E-state index contributed by atoms with van der Waals surface area (Å²) in [7, 11) is -1.87. The van der Waals surface area contributed by atoms with Crippen molar-refractivity contribution in [2.45, 2.75) is 19.8 Å². The second-order valence-corrected chi connectivity index (χ2v) is 8.84. The van der Waals surface area contributed by atoms with Crippen LogP contribution in [0, 0.1) is 0 Å². The lowest BCUT2D eigenvalue weighted by Gasteiger charge is -2.11. The van der Waals surface area contributed by atoms with Crippen LogP contribution >= 0.6 is 19.4 Å². The van der Waals surface area contributed by atoms with Crippen molar-refractivity contribution >= 4 is 42.7 Å². The van der Waals surface area contributed by atoms with Crippen molar-refractivity contribution in [3.8, 4) is 10.4 Å². The molecular weight excluding hydrogens is 449 g/mol. The quantitative estimate of drug-likeness (QED) is 0.235. The molecule has 0 aliphatic rings. The highest BCUT2D eigenvalue weighted by atomic mass is 32.1. The van der Waals surface area contributed by atoms with Crippen molar-refractivity contribution in [1.82, 2.24) is 5.32 Å². The third-order valence-corrected chi connectivity index (χ3v) is 5.84. The number of nitrogens with two attached hydrogens (primary N) is 1. The number of nitrogen functional groups attached to an aromatic ring is 1. The summed E-state index contributed by atoms with van der Waals surface area (Å²) < 4.78 is 20.8. The number of ether oxygens (including phenoxy) is 1. The SMILES string of the molecule is CC(OC(=O)NCc1ccc(C(=O)Nc2cc(-c3cccs3)ccc2N)cc1)O[P+](C)=O. The van der Waals surface area contributed by atoms with Gasteiger partial charge < -0.3 is 21.1 Å². The minimum atomic E-state index is -1.87. The van der Waals surface area contributed by atoms with E-state index in [1.165, 1.54) is 13.6 Å². The van der Waals surface area contributed by atoms with Gasteiger partial charge in [0.25, 0.3) is 12.2 Å². The number of carbonyl (C=O) groups excluding carboxylic acids is 2. The number of alkyl carbamates (subject to hydrolysis) is 1. The largest absolute Gasteiger partial charge is 0.508 e. The second-order valence-electron chi connectivity index (χ2n) is 6.80. The Morgan fingerprint density at radius 3 is 2.56 bits per heavy atom. The predicted molar refractivity (Wildman–Crippen MR) is 126 cm³/mol. The molecule has 0 spiro atoms. The van der Waals surface area contributed by atoms with Gasteiger partial charge in [-0.25, -0.2) is 4.79 Å². The van der Waals surface area contributed by atoms with E-state index in [9.17, 15) is 14.2 Å². The zero-order valence-electron chi connectivity index (χ0n) is 17.5. The molecule has 2 atom stereocenters. The summed E-state index contributed by atoms with van der Waals surface area (Å²) in [5, 5.41) is 7.40. The van der Waals surface area contributed by atoms with Crippen molar-refractivity contribution in [2.24, 2.45) is 0 Å². The van der Waals surface area contributed by atoms with E-state index >= 15 is 0 Å². The van der Waals surface area contributed by atoms with Gasteiger partial charge in [-0.1, -0.05) is 24.3 Å². The lowest BCUT2D eigenvalue weighted by atomic mass is 10.1. The lowest BCUT2D eigenvalue weighted by molar-refractivity contribution is -0.0124. The van der Waals surface area contributed by atoms with E-state index in [1.807, 2.05) is 29.6 Å². The molecule has 0 aliphatic heterocycles. The molecule has 0 fully saturated rings.